The summed E-state index contributed by atoms with van der Waals surface area (Å²) >= 11 is 0. The minimum Gasteiger partial charge on any atom is -0.394 e. The fourth-order valence-corrected chi connectivity index (χ4v) is 16.0. The molecule has 0 amide bonds. The van der Waals surface area contributed by atoms with Crippen molar-refractivity contribution in [3.05, 3.63) is 11.6 Å². The van der Waals surface area contributed by atoms with E-state index in [4.69, 9.17) is 37.9 Å². The lowest BCUT2D eigenvalue weighted by molar-refractivity contribution is -0.378. The van der Waals surface area contributed by atoms with Gasteiger partial charge in [0, 0.05) is 0 Å². The fraction of sp³-hybridized carbons (Fsp3) is 0.962. The molecule has 22 heteroatoms. The highest BCUT2D eigenvalue weighted by molar-refractivity contribution is 5.20. The van der Waals surface area contributed by atoms with Crippen molar-refractivity contribution in [3.63, 3.8) is 0 Å². The summed E-state index contributed by atoms with van der Waals surface area (Å²) in [6, 6.07) is 0. The summed E-state index contributed by atoms with van der Waals surface area (Å²) in [5, 5.41) is 151. The predicted octanol–water partition coefficient (Wildman–Crippen LogP) is -1.56. The average Bonchev–Trinajstić information content (AvgIpc) is 3.75. The molecule has 8 fully saturated rings. The van der Waals surface area contributed by atoms with Gasteiger partial charge in [-0.25, -0.2) is 0 Å². The van der Waals surface area contributed by atoms with Crippen LogP contribution in [0.4, 0.5) is 0 Å². The molecule has 0 spiro atoms. The van der Waals surface area contributed by atoms with Gasteiger partial charge in [0.2, 0.25) is 0 Å². The van der Waals surface area contributed by atoms with Gasteiger partial charge in [-0.3, -0.25) is 0 Å². The van der Waals surface area contributed by atoms with Gasteiger partial charge in [0.05, 0.1) is 44.2 Å². The van der Waals surface area contributed by atoms with Gasteiger partial charge in [0.1, 0.15) is 91.6 Å². The summed E-state index contributed by atoms with van der Waals surface area (Å²) in [5.74, 6) is -0.395. The Balaban J connectivity index is 1.01. The van der Waals surface area contributed by atoms with Crippen LogP contribution < -0.4 is 0 Å². The molecule has 29 atom stereocenters. The summed E-state index contributed by atoms with van der Waals surface area (Å²) in [7, 11) is 0. The Morgan fingerprint density at radius 3 is 1.80 bits per heavy atom. The zero-order chi connectivity index (χ0) is 55.1. The van der Waals surface area contributed by atoms with Crippen molar-refractivity contribution < 1.29 is 109 Å². The largest absolute Gasteiger partial charge is 0.394 e. The summed E-state index contributed by atoms with van der Waals surface area (Å²) in [6.45, 7) is 15.1. The summed E-state index contributed by atoms with van der Waals surface area (Å²) in [5.41, 5.74) is -1.48. The molecule has 0 aromatic carbocycles. The number of allylic oxidation sites excluding steroid dienone is 2. The van der Waals surface area contributed by atoms with Crippen molar-refractivity contribution in [3.8, 4) is 0 Å². The first-order valence-corrected chi connectivity index (χ1v) is 27.3. The highest BCUT2D eigenvalue weighted by Gasteiger charge is 2.72. The molecule has 0 bridgehead atoms. The number of aliphatic hydroxyl groups is 14. The lowest BCUT2D eigenvalue weighted by atomic mass is 9.35. The minimum atomic E-state index is -1.81. The van der Waals surface area contributed by atoms with Crippen LogP contribution in [0.25, 0.3) is 0 Å². The summed E-state index contributed by atoms with van der Waals surface area (Å²) < 4.78 is 48.8. The molecule has 22 nitrogen and oxygen atoms in total. The van der Waals surface area contributed by atoms with Gasteiger partial charge in [0.25, 0.3) is 0 Å². The second-order valence-electron chi connectivity index (χ2n) is 25.3. The second kappa shape index (κ2) is 22.7. The molecule has 2 unspecified atom stereocenters. The third-order valence-electron chi connectivity index (χ3n) is 20.5. The maximum absolute atomic E-state index is 12.8. The Morgan fingerprint density at radius 2 is 1.16 bits per heavy atom. The maximum atomic E-state index is 12.8. The normalized spacial score (nSPS) is 52.7. The molecule has 0 aromatic rings. The van der Waals surface area contributed by atoms with E-state index in [9.17, 15) is 71.5 Å². The number of ether oxygens (including phenoxy) is 8. The van der Waals surface area contributed by atoms with Crippen LogP contribution in [-0.2, 0) is 37.9 Å². The zero-order valence-electron chi connectivity index (χ0n) is 44.7. The van der Waals surface area contributed by atoms with Crippen LogP contribution in [0.2, 0.25) is 0 Å². The Labute approximate surface area is 439 Å². The molecule has 75 heavy (non-hydrogen) atoms. The SMILES string of the molecule is CC(C)=CCC[C@](C)(O[C@@H]1O[C@H](CO[C@@H]2OC[C@@H](O)[C@H](O)[C@H]2O)[C@@H](O)[C@H](O)[C@H]1O)[C@H]1CC[C@]2(C)C1[C@H](O)CC1[C@@]3(C)CC[C@H](O[C@@H]4O[C@H](CO)[C@@H](O)[C@H](O)[C@H]4O[C@@H]4O[C@H](CO)[C@@H](O)[C@H](O)[C@H]4O)C(C)(C)[C@@H]3CC[C@]12C. The van der Waals surface area contributed by atoms with E-state index in [1.165, 1.54) is 0 Å². The van der Waals surface area contributed by atoms with Gasteiger partial charge in [-0.2, -0.15) is 0 Å². The fourth-order valence-electron chi connectivity index (χ4n) is 16.0. The average molecular weight is 1080 g/mol. The molecule has 4 aliphatic heterocycles. The zero-order valence-corrected chi connectivity index (χ0v) is 44.7. The van der Waals surface area contributed by atoms with Gasteiger partial charge < -0.3 is 109 Å². The molecule has 14 N–H and O–H groups in total. The van der Waals surface area contributed by atoms with Gasteiger partial charge in [0.15, 0.2) is 25.2 Å². The monoisotopic (exact) mass is 1080 g/mol. The first kappa shape index (κ1) is 60.0. The summed E-state index contributed by atoms with van der Waals surface area (Å²) in [6.07, 6.45) is -22.6. The number of hydrogen-bond donors (Lipinski definition) is 14. The van der Waals surface area contributed by atoms with Crippen molar-refractivity contribution in [2.75, 3.05) is 26.4 Å². The van der Waals surface area contributed by atoms with E-state index in [1.54, 1.807) is 0 Å². The van der Waals surface area contributed by atoms with Crippen LogP contribution in [0.3, 0.4) is 0 Å². The molecule has 0 radical (unpaired) electrons. The van der Waals surface area contributed by atoms with E-state index in [1.807, 2.05) is 20.8 Å². The smallest absolute Gasteiger partial charge is 0.187 e. The van der Waals surface area contributed by atoms with Gasteiger partial charge in [-0.15, -0.1) is 0 Å². The topological polar surface area (TPSA) is 357 Å². The first-order chi connectivity index (χ1) is 35.1. The molecule has 4 saturated carbocycles. The highest BCUT2D eigenvalue weighted by atomic mass is 16.8. The van der Waals surface area contributed by atoms with Crippen LogP contribution in [0.5, 0.6) is 0 Å². The van der Waals surface area contributed by atoms with E-state index in [0.29, 0.717) is 38.5 Å². The standard InChI is InChI=1S/C53H90O22/c1-23(2)10-9-14-53(8,75-47-43(67)39(63)37(61)29(72-47)22-69-45-41(65)34(58)26(57)21-68-45)24-11-16-52(7)33(24)25(56)18-31-50(5)15-13-32(49(3,4)30(50)12-17-51(31,52)6)73-48-44(40(64)36(60)28(20-55)71-48)74-46-42(66)38(62)35(59)27(19-54)70-46/h10,24-48,54-67H,9,11-22H2,1-8H3/t24-,25+,26+,27+,28+,29+,30-,31?,32-,33?,34-,35+,36+,37+,38-,39-,40-,41+,42+,43+,44+,45-,46-,47-,48-,50-,51+,52+,53-/m0/s1. The van der Waals surface area contributed by atoms with E-state index in [-0.39, 0.29) is 41.1 Å². The Bertz CT molecular complexity index is 1940. The third kappa shape index (κ3) is 10.6. The third-order valence-corrected chi connectivity index (χ3v) is 20.5. The lowest BCUT2D eigenvalue weighted by Crippen LogP contribution is -2.68. The van der Waals surface area contributed by atoms with Gasteiger partial charge in [-0.1, -0.05) is 46.3 Å². The van der Waals surface area contributed by atoms with Crippen molar-refractivity contribution in [1.82, 2.24) is 0 Å². The van der Waals surface area contributed by atoms with E-state index in [2.05, 4.69) is 40.7 Å². The Morgan fingerprint density at radius 1 is 0.587 bits per heavy atom. The molecular weight excluding hydrogens is 989 g/mol. The number of rotatable bonds is 15. The van der Waals surface area contributed by atoms with Gasteiger partial charge in [-0.05, 0) is 124 Å². The molecule has 8 rings (SSSR count). The number of fused-ring (bicyclic) bond motifs is 5. The second-order valence-corrected chi connectivity index (χ2v) is 25.3. The Kier molecular flexibility index (Phi) is 18.1. The van der Waals surface area contributed by atoms with Crippen LogP contribution in [0.15, 0.2) is 11.6 Å². The molecule has 4 heterocycles. The summed E-state index contributed by atoms with van der Waals surface area (Å²) in [4.78, 5) is 0. The molecule has 0 aromatic heterocycles. The highest BCUT2D eigenvalue weighted by Crippen LogP contribution is 2.76. The van der Waals surface area contributed by atoms with Crippen LogP contribution in [-0.4, -0.2) is 232 Å². The molecule has 434 valence electrons. The van der Waals surface area contributed by atoms with Crippen LogP contribution in [0.1, 0.15) is 113 Å². The van der Waals surface area contributed by atoms with Crippen LogP contribution >= 0.6 is 0 Å². The predicted molar refractivity (Wildman–Crippen MR) is 260 cm³/mol. The van der Waals surface area contributed by atoms with Crippen molar-refractivity contribution in [2.45, 2.75) is 248 Å². The minimum absolute atomic E-state index is 0.0508. The molecular formula is C53H90O22. The van der Waals surface area contributed by atoms with Crippen molar-refractivity contribution in [1.29, 1.82) is 0 Å². The number of aliphatic hydroxyl groups excluding tert-OH is 14. The van der Waals surface area contributed by atoms with Crippen molar-refractivity contribution >= 4 is 0 Å². The molecule has 8 aliphatic rings. The van der Waals surface area contributed by atoms with E-state index >= 15 is 0 Å². The van der Waals surface area contributed by atoms with Crippen molar-refractivity contribution in [2.24, 2.45) is 45.3 Å². The molecule has 4 aliphatic carbocycles. The quantitative estimate of drug-likeness (QED) is 0.0651. The first-order valence-electron chi connectivity index (χ1n) is 27.3. The Hall–Kier alpha value is -1.14. The van der Waals surface area contributed by atoms with E-state index < -0.39 is 165 Å². The maximum Gasteiger partial charge on any atom is 0.187 e. The lowest BCUT2D eigenvalue weighted by Gasteiger charge is -2.71. The van der Waals surface area contributed by atoms with Crippen LogP contribution in [0, 0.1) is 45.3 Å². The van der Waals surface area contributed by atoms with Gasteiger partial charge >= 0.3 is 0 Å². The van der Waals surface area contributed by atoms with E-state index in [0.717, 1.165) is 24.8 Å². The number of hydrogen-bond acceptors (Lipinski definition) is 22. The molecule has 4 saturated heterocycles.